The van der Waals surface area contributed by atoms with Gasteiger partial charge < -0.3 is 29.9 Å². The van der Waals surface area contributed by atoms with Crippen LogP contribution in [0.25, 0.3) is 20.9 Å². The van der Waals surface area contributed by atoms with Gasteiger partial charge in [-0.05, 0) is 37.8 Å². The highest BCUT2D eigenvalue weighted by atomic mass is 16.8. The topological polar surface area (TPSA) is 197 Å². The second-order valence-electron chi connectivity index (χ2n) is 15.0. The number of unbranched alkanes of at least 4 members (excludes halogenated alkanes) is 22. The normalized spacial score (nSPS) is 18.9. The van der Waals surface area contributed by atoms with E-state index in [1.54, 1.807) is 0 Å². The minimum atomic E-state index is -1.20. The first kappa shape index (κ1) is 49.4. The Kier molecular flexibility index (Phi) is 33.1. The molecule has 1 aliphatic heterocycles. The minimum absolute atomic E-state index is 0.120. The summed E-state index contributed by atoms with van der Waals surface area (Å²) in [5.74, 6) is -0.690. The maximum Gasteiger partial charge on any atom is 0.163 e. The highest BCUT2D eigenvalue weighted by Crippen LogP contribution is 2.33. The van der Waals surface area contributed by atoms with E-state index in [0.717, 1.165) is 32.1 Å². The van der Waals surface area contributed by atoms with Crippen molar-refractivity contribution >= 4 is 0 Å². The molecule has 1 rings (SSSR count). The third-order valence-corrected chi connectivity index (χ3v) is 9.86. The van der Waals surface area contributed by atoms with Crippen molar-refractivity contribution in [2.45, 2.75) is 237 Å². The van der Waals surface area contributed by atoms with Gasteiger partial charge in [0.2, 0.25) is 0 Å². The van der Waals surface area contributed by atoms with E-state index in [4.69, 9.17) is 25.6 Å². The Morgan fingerprint density at radius 2 is 1.00 bits per heavy atom. The van der Waals surface area contributed by atoms with Gasteiger partial charge in [-0.25, -0.2) is 0 Å². The molecule has 0 spiro atoms. The fourth-order valence-corrected chi connectivity index (χ4v) is 6.77. The van der Waals surface area contributed by atoms with Crippen LogP contribution in [0.1, 0.15) is 195 Å². The molecule has 0 amide bonds. The van der Waals surface area contributed by atoms with Gasteiger partial charge in [0.15, 0.2) is 5.79 Å². The Balaban J connectivity index is 0.000000988. The summed E-state index contributed by atoms with van der Waals surface area (Å²) >= 11 is 0. The fourth-order valence-electron chi connectivity index (χ4n) is 6.77. The van der Waals surface area contributed by atoms with Gasteiger partial charge in [0, 0.05) is 9.82 Å². The molecule has 0 aliphatic carbocycles. The van der Waals surface area contributed by atoms with Crippen molar-refractivity contribution < 1.29 is 29.9 Å². The Hall–Kier alpha value is -1.62. The number of ether oxygens (including phenoxy) is 2. The van der Waals surface area contributed by atoms with Crippen LogP contribution in [0.4, 0.5) is 0 Å². The molecule has 12 heteroatoms. The summed E-state index contributed by atoms with van der Waals surface area (Å²) in [5.41, 5.74) is 17.0. The van der Waals surface area contributed by atoms with E-state index in [0.29, 0.717) is 6.42 Å². The number of hydrogen-bond acceptors (Lipinski definition) is 8. The van der Waals surface area contributed by atoms with Crippen LogP contribution in [0.5, 0.6) is 0 Å². The van der Waals surface area contributed by atoms with Crippen LogP contribution >= 0.6 is 0 Å². The zero-order chi connectivity index (χ0) is 38.0. The van der Waals surface area contributed by atoms with E-state index in [2.05, 4.69) is 33.9 Å². The molecule has 0 unspecified atom stereocenters. The third-order valence-electron chi connectivity index (χ3n) is 9.86. The molecule has 0 bridgehead atoms. The second kappa shape index (κ2) is 34.2. The predicted molar refractivity (Wildman–Crippen MR) is 207 cm³/mol. The lowest BCUT2D eigenvalue weighted by Gasteiger charge is -2.21. The highest BCUT2D eigenvalue weighted by molar-refractivity contribution is 4.90. The van der Waals surface area contributed by atoms with Crippen molar-refractivity contribution in [1.82, 2.24) is 0 Å². The smallest absolute Gasteiger partial charge is 0.163 e. The van der Waals surface area contributed by atoms with Crippen molar-refractivity contribution in [2.75, 3.05) is 13.2 Å². The van der Waals surface area contributed by atoms with Crippen molar-refractivity contribution in [3.8, 4) is 0 Å². The Labute approximate surface area is 310 Å². The summed E-state index contributed by atoms with van der Waals surface area (Å²) in [6.45, 7) is 7.56. The lowest BCUT2D eigenvalue weighted by atomic mass is 10.00. The van der Waals surface area contributed by atoms with Crippen molar-refractivity contribution in [3.63, 3.8) is 0 Å². The number of rotatable bonds is 33. The fraction of sp³-hybridized carbons (Fsp3) is 1.00. The van der Waals surface area contributed by atoms with Gasteiger partial charge in [0.05, 0.1) is 49.7 Å². The maximum absolute atomic E-state index is 9.86. The highest BCUT2D eigenvalue weighted by Gasteiger charge is 2.44. The van der Waals surface area contributed by atoms with E-state index < -0.39 is 36.7 Å². The van der Waals surface area contributed by atoms with Crippen LogP contribution in [0.3, 0.4) is 0 Å². The van der Waals surface area contributed by atoms with Crippen LogP contribution in [0.15, 0.2) is 10.2 Å². The molecule has 1 aliphatic rings. The second-order valence-corrected chi connectivity index (χ2v) is 15.0. The quantitative estimate of drug-likeness (QED) is 0.0224. The number of hydrogen-bond donors (Lipinski definition) is 4. The molecular formula is C39H78N6O6. The summed E-state index contributed by atoms with van der Waals surface area (Å²) in [7, 11) is 0. The van der Waals surface area contributed by atoms with Gasteiger partial charge in [-0.15, -0.1) is 0 Å². The molecule has 0 aromatic rings. The molecule has 6 atom stereocenters. The Bertz CT molecular complexity index is 886. The number of aliphatic hydroxyl groups excluding tert-OH is 4. The summed E-state index contributed by atoms with van der Waals surface area (Å²) < 4.78 is 11.9. The maximum atomic E-state index is 9.86. The average Bonchev–Trinajstić information content (AvgIpc) is 3.43. The first-order chi connectivity index (χ1) is 24.7. The monoisotopic (exact) mass is 727 g/mol. The summed E-state index contributed by atoms with van der Waals surface area (Å²) in [6, 6.07) is -1.55. The van der Waals surface area contributed by atoms with E-state index in [9.17, 15) is 15.3 Å². The summed E-state index contributed by atoms with van der Waals surface area (Å²) in [5, 5.41) is 45.1. The molecule has 1 fully saturated rings. The predicted octanol–water partition coefficient (Wildman–Crippen LogP) is 10.7. The number of nitrogens with zero attached hydrogens (tertiary/aromatic N) is 6. The SMILES string of the molecule is CCCCCCCCCCCCCC[C@@H](O)[C@@H](O)[C@H](CO)N=[N+]=[N-].CCCCCCCCCCCCCC[C@@H]1OC(C)(C)O[C@H]1[C@H](CO)N=[N+]=[N-]. The van der Waals surface area contributed by atoms with E-state index in [1.807, 2.05) is 13.8 Å². The molecule has 0 saturated carbocycles. The summed E-state index contributed by atoms with van der Waals surface area (Å²) in [4.78, 5) is 5.40. The lowest BCUT2D eigenvalue weighted by molar-refractivity contribution is -0.149. The largest absolute Gasteiger partial charge is 0.396 e. The van der Waals surface area contributed by atoms with Crippen molar-refractivity contribution in [2.24, 2.45) is 10.2 Å². The van der Waals surface area contributed by atoms with Gasteiger partial charge in [-0.3, -0.25) is 0 Å². The Morgan fingerprint density at radius 3 is 1.39 bits per heavy atom. The molecule has 300 valence electrons. The summed E-state index contributed by atoms with van der Waals surface area (Å²) in [6.07, 6.45) is 29.5. The molecule has 0 aromatic carbocycles. The minimum Gasteiger partial charge on any atom is -0.396 e. The van der Waals surface area contributed by atoms with Gasteiger partial charge in [-0.1, -0.05) is 178 Å². The number of aliphatic hydroxyl groups is 4. The van der Waals surface area contributed by atoms with Gasteiger partial charge in [-0.2, -0.15) is 0 Å². The van der Waals surface area contributed by atoms with Crippen molar-refractivity contribution in [1.29, 1.82) is 0 Å². The zero-order valence-corrected chi connectivity index (χ0v) is 33.1. The van der Waals surface area contributed by atoms with E-state index >= 15 is 0 Å². The lowest BCUT2D eigenvalue weighted by Crippen LogP contribution is -2.38. The number of azide groups is 2. The molecule has 4 N–H and O–H groups in total. The molecule has 1 heterocycles. The van der Waals surface area contributed by atoms with Crippen LogP contribution in [0.2, 0.25) is 0 Å². The van der Waals surface area contributed by atoms with Gasteiger partial charge in [0.25, 0.3) is 0 Å². The van der Waals surface area contributed by atoms with Crippen LogP contribution in [-0.2, 0) is 9.47 Å². The zero-order valence-electron chi connectivity index (χ0n) is 33.1. The van der Waals surface area contributed by atoms with E-state index in [1.165, 1.54) is 128 Å². The van der Waals surface area contributed by atoms with Gasteiger partial charge >= 0.3 is 0 Å². The molecule has 1 saturated heterocycles. The average molecular weight is 727 g/mol. The molecule has 0 aromatic heterocycles. The first-order valence-electron chi connectivity index (χ1n) is 20.7. The molecular weight excluding hydrogens is 648 g/mol. The van der Waals surface area contributed by atoms with Gasteiger partial charge in [0.1, 0.15) is 0 Å². The molecule has 51 heavy (non-hydrogen) atoms. The van der Waals surface area contributed by atoms with Crippen molar-refractivity contribution in [3.05, 3.63) is 20.9 Å². The molecule has 12 nitrogen and oxygen atoms in total. The first-order valence-corrected chi connectivity index (χ1v) is 20.7. The standard InChI is InChI=1S/C21H41N3O3.C18H37N3O3/c1-4-5-6-7-8-9-10-11-12-13-14-15-16-19-20(18(17-25)23-24-22)27-21(2,3)26-19;1-2-3-4-5-6-7-8-9-10-11-12-13-14-17(23)18(24)16(15-22)20-21-19/h18-20,25H,4-17H2,1-3H3;16-18,22-24H,2-15H2,1H3/t18-,19-,20-;16-,17+,18-/m00/s1. The molecule has 0 radical (unpaired) electrons. The third kappa shape index (κ3) is 26.7. The van der Waals surface area contributed by atoms with E-state index in [-0.39, 0.29) is 18.8 Å². The Morgan fingerprint density at radius 1 is 0.588 bits per heavy atom. The van der Waals surface area contributed by atoms with Crippen LogP contribution in [-0.4, -0.2) is 75.9 Å². The van der Waals surface area contributed by atoms with Crippen LogP contribution in [0, 0.1) is 0 Å². The van der Waals surface area contributed by atoms with Crippen LogP contribution < -0.4 is 0 Å².